The molecule has 0 saturated carbocycles. The zero-order chi connectivity index (χ0) is 12.0. The minimum absolute atomic E-state index is 0.289. The van der Waals surface area contributed by atoms with Gasteiger partial charge in [-0.2, -0.15) is 0 Å². The van der Waals surface area contributed by atoms with Gasteiger partial charge in [-0.15, -0.1) is 6.58 Å². The highest BCUT2D eigenvalue weighted by Crippen LogP contribution is 2.18. The van der Waals surface area contributed by atoms with Crippen molar-refractivity contribution < 1.29 is 4.39 Å². The zero-order valence-corrected chi connectivity index (χ0v) is 9.62. The molecule has 0 radical (unpaired) electrons. The predicted octanol–water partition coefficient (Wildman–Crippen LogP) is 2.08. The minimum atomic E-state index is -0.348. The molecule has 0 spiro atoms. The fourth-order valence-electron chi connectivity index (χ4n) is 1.62. The van der Waals surface area contributed by atoms with Crippen molar-refractivity contribution in [3.63, 3.8) is 0 Å². The standard InChI is InChI=1S/C12H18FN3/c1-3-5-16(6-4-2)12-10(8-14)7-11(13)9-15-12/h3,7,9H,1,4-6,8,14H2,2H3. The summed E-state index contributed by atoms with van der Waals surface area (Å²) >= 11 is 0. The van der Waals surface area contributed by atoms with Crippen molar-refractivity contribution in [2.24, 2.45) is 5.73 Å². The van der Waals surface area contributed by atoms with Crippen LogP contribution in [0.25, 0.3) is 0 Å². The topological polar surface area (TPSA) is 42.2 Å². The number of nitrogens with zero attached hydrogens (tertiary/aromatic N) is 2. The van der Waals surface area contributed by atoms with Crippen molar-refractivity contribution in [3.05, 3.63) is 36.3 Å². The van der Waals surface area contributed by atoms with E-state index < -0.39 is 0 Å². The Morgan fingerprint density at radius 1 is 1.62 bits per heavy atom. The molecule has 3 nitrogen and oxygen atoms in total. The van der Waals surface area contributed by atoms with Gasteiger partial charge in [-0.3, -0.25) is 0 Å². The van der Waals surface area contributed by atoms with Gasteiger partial charge in [-0.1, -0.05) is 13.0 Å². The maximum atomic E-state index is 13.0. The van der Waals surface area contributed by atoms with E-state index >= 15 is 0 Å². The second-order valence-electron chi connectivity index (χ2n) is 3.58. The van der Waals surface area contributed by atoms with E-state index in [1.165, 1.54) is 12.3 Å². The molecule has 0 atom stereocenters. The quantitative estimate of drug-likeness (QED) is 0.751. The van der Waals surface area contributed by atoms with Crippen LogP contribution in [-0.4, -0.2) is 18.1 Å². The Balaban J connectivity index is 3.01. The molecule has 0 fully saturated rings. The van der Waals surface area contributed by atoms with E-state index in [0.717, 1.165) is 24.3 Å². The van der Waals surface area contributed by atoms with Gasteiger partial charge in [-0.05, 0) is 12.5 Å². The Kier molecular flexibility index (Phi) is 4.92. The fourth-order valence-corrected chi connectivity index (χ4v) is 1.62. The molecule has 1 heterocycles. The maximum absolute atomic E-state index is 13.0. The van der Waals surface area contributed by atoms with Gasteiger partial charge in [0.25, 0.3) is 0 Å². The summed E-state index contributed by atoms with van der Waals surface area (Å²) in [5.41, 5.74) is 6.32. The SMILES string of the molecule is C=CCN(CCC)c1ncc(F)cc1CN. The van der Waals surface area contributed by atoms with Crippen LogP contribution in [-0.2, 0) is 6.54 Å². The summed E-state index contributed by atoms with van der Waals surface area (Å²) in [5, 5.41) is 0. The van der Waals surface area contributed by atoms with Gasteiger partial charge in [0, 0.05) is 25.2 Å². The molecule has 1 rings (SSSR count). The van der Waals surface area contributed by atoms with Gasteiger partial charge < -0.3 is 10.6 Å². The molecule has 1 aromatic heterocycles. The van der Waals surface area contributed by atoms with E-state index in [-0.39, 0.29) is 12.4 Å². The average molecular weight is 223 g/mol. The number of aromatic nitrogens is 1. The molecule has 16 heavy (non-hydrogen) atoms. The van der Waals surface area contributed by atoms with E-state index in [0.29, 0.717) is 6.54 Å². The summed E-state index contributed by atoms with van der Waals surface area (Å²) in [6.45, 7) is 7.63. The highest BCUT2D eigenvalue weighted by molar-refractivity contribution is 5.47. The van der Waals surface area contributed by atoms with Crippen LogP contribution >= 0.6 is 0 Å². The van der Waals surface area contributed by atoms with Gasteiger partial charge in [0.1, 0.15) is 11.6 Å². The molecular weight excluding hydrogens is 205 g/mol. The molecule has 88 valence electrons. The van der Waals surface area contributed by atoms with Gasteiger partial charge in [0.2, 0.25) is 0 Å². The lowest BCUT2D eigenvalue weighted by Gasteiger charge is -2.23. The van der Waals surface area contributed by atoms with Gasteiger partial charge in [0.15, 0.2) is 0 Å². The zero-order valence-electron chi connectivity index (χ0n) is 9.62. The second kappa shape index (κ2) is 6.23. The lowest BCUT2D eigenvalue weighted by molar-refractivity contribution is 0.617. The maximum Gasteiger partial charge on any atom is 0.141 e. The summed E-state index contributed by atoms with van der Waals surface area (Å²) in [6.07, 6.45) is 4.03. The lowest BCUT2D eigenvalue weighted by atomic mass is 10.2. The third-order valence-corrected chi connectivity index (χ3v) is 2.27. The predicted molar refractivity (Wildman–Crippen MR) is 64.8 cm³/mol. The fraction of sp³-hybridized carbons (Fsp3) is 0.417. The summed E-state index contributed by atoms with van der Waals surface area (Å²) in [7, 11) is 0. The molecule has 0 aliphatic carbocycles. The van der Waals surface area contributed by atoms with Crippen molar-refractivity contribution in [1.29, 1.82) is 0 Å². The Morgan fingerprint density at radius 3 is 2.94 bits per heavy atom. The molecule has 0 aliphatic rings. The number of rotatable bonds is 6. The molecule has 1 aromatic rings. The number of anilines is 1. The Bertz CT molecular complexity index is 352. The van der Waals surface area contributed by atoms with Crippen molar-refractivity contribution in [3.8, 4) is 0 Å². The first kappa shape index (κ1) is 12.6. The number of hydrogen-bond acceptors (Lipinski definition) is 3. The number of halogens is 1. The van der Waals surface area contributed by atoms with Crippen molar-refractivity contribution in [2.75, 3.05) is 18.0 Å². The lowest BCUT2D eigenvalue weighted by Crippen LogP contribution is -2.26. The second-order valence-corrected chi connectivity index (χ2v) is 3.58. The van der Waals surface area contributed by atoms with E-state index in [1.807, 2.05) is 0 Å². The third-order valence-electron chi connectivity index (χ3n) is 2.27. The van der Waals surface area contributed by atoms with Crippen LogP contribution in [0, 0.1) is 5.82 Å². The average Bonchev–Trinajstić information content (AvgIpc) is 2.28. The van der Waals surface area contributed by atoms with Crippen molar-refractivity contribution in [2.45, 2.75) is 19.9 Å². The van der Waals surface area contributed by atoms with Gasteiger partial charge in [-0.25, -0.2) is 9.37 Å². The summed E-state index contributed by atoms with van der Waals surface area (Å²) in [5.74, 6) is 0.407. The molecule has 0 aliphatic heterocycles. The van der Waals surface area contributed by atoms with Crippen molar-refractivity contribution in [1.82, 2.24) is 4.98 Å². The molecule has 2 N–H and O–H groups in total. The largest absolute Gasteiger partial charge is 0.353 e. The van der Waals surface area contributed by atoms with Crippen LogP contribution in [0.5, 0.6) is 0 Å². The Morgan fingerprint density at radius 2 is 2.38 bits per heavy atom. The summed E-state index contributed by atoms with van der Waals surface area (Å²) in [4.78, 5) is 6.16. The molecule has 0 amide bonds. The van der Waals surface area contributed by atoms with Gasteiger partial charge in [0.05, 0.1) is 6.20 Å². The number of hydrogen-bond donors (Lipinski definition) is 1. The summed E-state index contributed by atoms with van der Waals surface area (Å²) < 4.78 is 13.0. The third kappa shape index (κ3) is 3.03. The first-order valence-electron chi connectivity index (χ1n) is 5.43. The Hall–Kier alpha value is -1.42. The molecule has 0 bridgehead atoms. The Labute approximate surface area is 95.8 Å². The van der Waals surface area contributed by atoms with E-state index in [9.17, 15) is 4.39 Å². The molecular formula is C12H18FN3. The molecule has 0 saturated heterocycles. The highest BCUT2D eigenvalue weighted by atomic mass is 19.1. The number of nitrogens with two attached hydrogens (primary N) is 1. The van der Waals surface area contributed by atoms with Crippen LogP contribution in [0.2, 0.25) is 0 Å². The van der Waals surface area contributed by atoms with Crippen LogP contribution in [0.1, 0.15) is 18.9 Å². The monoisotopic (exact) mass is 223 g/mol. The van der Waals surface area contributed by atoms with Gasteiger partial charge >= 0.3 is 0 Å². The normalized spacial score (nSPS) is 10.2. The smallest absolute Gasteiger partial charge is 0.141 e. The molecule has 0 aromatic carbocycles. The first-order valence-corrected chi connectivity index (χ1v) is 5.43. The molecule has 4 heteroatoms. The van der Waals surface area contributed by atoms with E-state index in [2.05, 4.69) is 23.4 Å². The van der Waals surface area contributed by atoms with Crippen molar-refractivity contribution >= 4 is 5.82 Å². The minimum Gasteiger partial charge on any atom is -0.353 e. The first-order chi connectivity index (χ1) is 7.72. The van der Waals surface area contributed by atoms with Crippen LogP contribution in [0.15, 0.2) is 24.9 Å². The molecule has 0 unspecified atom stereocenters. The summed E-state index contributed by atoms with van der Waals surface area (Å²) in [6, 6.07) is 1.44. The number of pyridine rings is 1. The van der Waals surface area contributed by atoms with Crippen LogP contribution < -0.4 is 10.6 Å². The van der Waals surface area contributed by atoms with E-state index in [4.69, 9.17) is 5.73 Å². The highest BCUT2D eigenvalue weighted by Gasteiger charge is 2.11. The van der Waals surface area contributed by atoms with E-state index in [1.54, 1.807) is 6.08 Å². The van der Waals surface area contributed by atoms with Crippen LogP contribution in [0.3, 0.4) is 0 Å². The van der Waals surface area contributed by atoms with Crippen LogP contribution in [0.4, 0.5) is 10.2 Å².